The Kier molecular flexibility index (Phi) is 3.14. The van der Waals surface area contributed by atoms with E-state index in [1.54, 1.807) is 0 Å². The lowest BCUT2D eigenvalue weighted by molar-refractivity contribution is 0.0928. The molecule has 1 heterocycles. The average molecular weight is 186 g/mol. The van der Waals surface area contributed by atoms with Crippen LogP contribution in [0.15, 0.2) is 0 Å². The molecule has 0 aliphatic carbocycles. The second kappa shape index (κ2) is 3.61. The monoisotopic (exact) mass is 186 g/mol. The van der Waals surface area contributed by atoms with Crippen molar-refractivity contribution in [2.45, 2.75) is 47.0 Å². The third-order valence-electron chi connectivity index (χ3n) is 3.59. The summed E-state index contributed by atoms with van der Waals surface area (Å²) in [5.41, 5.74) is 1.12. The lowest BCUT2D eigenvalue weighted by Gasteiger charge is -2.47. The predicted molar refractivity (Wildman–Crippen MR) is 58.7 cm³/mol. The van der Waals surface area contributed by atoms with E-state index in [2.05, 4.69) is 39.5 Å². The molecule has 1 saturated heterocycles. The SMILES string of the molecule is CCC1(C(C)(C)C)CCCSC1. The molecule has 72 valence electrons. The van der Waals surface area contributed by atoms with Crippen LogP contribution in [0.1, 0.15) is 47.0 Å². The van der Waals surface area contributed by atoms with Gasteiger partial charge >= 0.3 is 0 Å². The van der Waals surface area contributed by atoms with Gasteiger partial charge in [-0.05, 0) is 41.6 Å². The van der Waals surface area contributed by atoms with Crippen molar-refractivity contribution in [2.75, 3.05) is 11.5 Å². The van der Waals surface area contributed by atoms with Crippen LogP contribution in [0.25, 0.3) is 0 Å². The molecular weight excluding hydrogens is 164 g/mol. The molecule has 0 spiro atoms. The van der Waals surface area contributed by atoms with Crippen molar-refractivity contribution in [3.63, 3.8) is 0 Å². The highest BCUT2D eigenvalue weighted by Crippen LogP contribution is 2.49. The van der Waals surface area contributed by atoms with E-state index in [0.717, 1.165) is 0 Å². The van der Waals surface area contributed by atoms with E-state index in [0.29, 0.717) is 10.8 Å². The van der Waals surface area contributed by atoms with Gasteiger partial charge in [0.15, 0.2) is 0 Å². The van der Waals surface area contributed by atoms with Crippen molar-refractivity contribution >= 4 is 11.8 Å². The minimum Gasteiger partial charge on any atom is -0.161 e. The molecule has 12 heavy (non-hydrogen) atoms. The van der Waals surface area contributed by atoms with Crippen molar-refractivity contribution in [3.05, 3.63) is 0 Å². The molecule has 1 aliphatic rings. The third kappa shape index (κ3) is 1.81. The minimum absolute atomic E-state index is 0.495. The first-order valence-corrected chi connectivity index (χ1v) is 6.25. The molecule has 0 aromatic heterocycles. The third-order valence-corrected chi connectivity index (χ3v) is 4.92. The summed E-state index contributed by atoms with van der Waals surface area (Å²) in [6, 6.07) is 0. The summed E-state index contributed by atoms with van der Waals surface area (Å²) in [7, 11) is 0. The van der Waals surface area contributed by atoms with E-state index in [4.69, 9.17) is 0 Å². The van der Waals surface area contributed by atoms with Gasteiger partial charge in [-0.1, -0.05) is 27.7 Å². The summed E-state index contributed by atoms with van der Waals surface area (Å²) in [6.07, 6.45) is 4.22. The Bertz CT molecular complexity index is 138. The van der Waals surface area contributed by atoms with Crippen molar-refractivity contribution in [1.29, 1.82) is 0 Å². The lowest BCUT2D eigenvalue weighted by Crippen LogP contribution is -2.39. The van der Waals surface area contributed by atoms with Crippen LogP contribution in [0.4, 0.5) is 0 Å². The van der Waals surface area contributed by atoms with Crippen molar-refractivity contribution < 1.29 is 0 Å². The summed E-state index contributed by atoms with van der Waals surface area (Å²) >= 11 is 2.15. The summed E-state index contributed by atoms with van der Waals surface area (Å²) in [5, 5.41) is 0. The van der Waals surface area contributed by atoms with E-state index >= 15 is 0 Å². The molecule has 1 heteroatoms. The van der Waals surface area contributed by atoms with E-state index in [9.17, 15) is 0 Å². The summed E-state index contributed by atoms with van der Waals surface area (Å²) in [6.45, 7) is 9.57. The molecule has 1 rings (SSSR count). The molecule has 1 atom stereocenters. The molecule has 0 saturated carbocycles. The van der Waals surface area contributed by atoms with Crippen molar-refractivity contribution in [2.24, 2.45) is 10.8 Å². The maximum atomic E-state index is 2.41. The molecule has 1 aliphatic heterocycles. The Labute approximate surface area is 81.5 Å². The minimum atomic E-state index is 0.495. The van der Waals surface area contributed by atoms with Gasteiger partial charge in [0.25, 0.3) is 0 Å². The number of hydrogen-bond donors (Lipinski definition) is 0. The zero-order valence-electron chi connectivity index (χ0n) is 8.94. The van der Waals surface area contributed by atoms with E-state index < -0.39 is 0 Å². The van der Waals surface area contributed by atoms with Crippen LogP contribution >= 0.6 is 11.8 Å². The van der Waals surface area contributed by atoms with Gasteiger partial charge in [0.2, 0.25) is 0 Å². The van der Waals surface area contributed by atoms with Gasteiger partial charge in [-0.15, -0.1) is 0 Å². The molecule has 0 N–H and O–H groups in total. The lowest BCUT2D eigenvalue weighted by atomic mass is 9.64. The number of rotatable bonds is 1. The summed E-state index contributed by atoms with van der Waals surface area (Å²) < 4.78 is 0. The van der Waals surface area contributed by atoms with Crippen LogP contribution in [-0.2, 0) is 0 Å². The fourth-order valence-electron chi connectivity index (χ4n) is 2.25. The molecule has 0 aromatic rings. The molecule has 0 radical (unpaired) electrons. The van der Waals surface area contributed by atoms with E-state index in [-0.39, 0.29) is 0 Å². The molecule has 1 fully saturated rings. The number of hydrogen-bond acceptors (Lipinski definition) is 1. The topological polar surface area (TPSA) is 0 Å². The summed E-state index contributed by atoms with van der Waals surface area (Å²) in [4.78, 5) is 0. The van der Waals surface area contributed by atoms with Gasteiger partial charge in [-0.3, -0.25) is 0 Å². The Morgan fingerprint density at radius 3 is 2.25 bits per heavy atom. The maximum Gasteiger partial charge on any atom is -0.000589 e. The van der Waals surface area contributed by atoms with Crippen molar-refractivity contribution in [3.8, 4) is 0 Å². The molecule has 0 amide bonds. The Balaban J connectivity index is 2.73. The largest absolute Gasteiger partial charge is 0.161 e. The number of thioether (sulfide) groups is 1. The van der Waals surface area contributed by atoms with Gasteiger partial charge < -0.3 is 0 Å². The van der Waals surface area contributed by atoms with Gasteiger partial charge in [0.05, 0.1) is 0 Å². The quantitative estimate of drug-likeness (QED) is 0.597. The molecule has 1 unspecified atom stereocenters. The standard InChI is InChI=1S/C11H22S/c1-5-11(10(2,3)4)7-6-8-12-9-11/h5-9H2,1-4H3. The van der Waals surface area contributed by atoms with Gasteiger partial charge in [0.1, 0.15) is 0 Å². The van der Waals surface area contributed by atoms with Crippen molar-refractivity contribution in [1.82, 2.24) is 0 Å². The first-order chi connectivity index (χ1) is 5.52. The highest BCUT2D eigenvalue weighted by Gasteiger charge is 2.40. The van der Waals surface area contributed by atoms with Crippen LogP contribution in [0.2, 0.25) is 0 Å². The Morgan fingerprint density at radius 2 is 2.00 bits per heavy atom. The van der Waals surface area contributed by atoms with E-state index in [1.807, 2.05) is 0 Å². The van der Waals surface area contributed by atoms with Crippen LogP contribution in [0.5, 0.6) is 0 Å². The molecule has 0 nitrogen and oxygen atoms in total. The maximum absolute atomic E-state index is 2.41. The van der Waals surface area contributed by atoms with Gasteiger partial charge in [-0.25, -0.2) is 0 Å². The molecule has 0 aromatic carbocycles. The van der Waals surface area contributed by atoms with Gasteiger partial charge in [0, 0.05) is 0 Å². The first-order valence-electron chi connectivity index (χ1n) is 5.10. The average Bonchev–Trinajstić information content (AvgIpc) is 2.04. The zero-order chi connectivity index (χ0) is 9.24. The van der Waals surface area contributed by atoms with Gasteiger partial charge in [-0.2, -0.15) is 11.8 Å². The zero-order valence-corrected chi connectivity index (χ0v) is 9.76. The fourth-order valence-corrected chi connectivity index (χ4v) is 3.92. The highest BCUT2D eigenvalue weighted by molar-refractivity contribution is 7.99. The second-order valence-corrected chi connectivity index (χ2v) is 6.15. The fraction of sp³-hybridized carbons (Fsp3) is 1.00. The predicted octanol–water partition coefficient (Wildman–Crippen LogP) is 3.96. The molecular formula is C11H22S. The Hall–Kier alpha value is 0.350. The van der Waals surface area contributed by atoms with Crippen LogP contribution < -0.4 is 0 Å². The highest BCUT2D eigenvalue weighted by atomic mass is 32.2. The molecule has 0 bridgehead atoms. The van der Waals surface area contributed by atoms with Crippen LogP contribution in [-0.4, -0.2) is 11.5 Å². The summed E-state index contributed by atoms with van der Waals surface area (Å²) in [5.74, 6) is 2.77. The first kappa shape index (κ1) is 10.4. The Morgan fingerprint density at radius 1 is 1.33 bits per heavy atom. The van der Waals surface area contributed by atoms with Crippen LogP contribution in [0, 0.1) is 10.8 Å². The second-order valence-electron chi connectivity index (χ2n) is 5.04. The smallest absolute Gasteiger partial charge is 0.000589 e. The van der Waals surface area contributed by atoms with Crippen LogP contribution in [0.3, 0.4) is 0 Å². The van der Waals surface area contributed by atoms with E-state index in [1.165, 1.54) is 30.8 Å². The normalized spacial score (nSPS) is 32.0.